The molecule has 2 N–H and O–H groups in total. The zero-order chi connectivity index (χ0) is 23.1. The predicted molar refractivity (Wildman–Crippen MR) is 124 cm³/mol. The number of esters is 1. The molecular formula is C24H20Cl2N2O4. The summed E-state index contributed by atoms with van der Waals surface area (Å²) in [6.07, 6.45) is -0.0704. The quantitative estimate of drug-likeness (QED) is 0.460. The van der Waals surface area contributed by atoms with Crippen LogP contribution in [-0.4, -0.2) is 24.9 Å². The molecule has 0 fully saturated rings. The smallest absolute Gasteiger partial charge is 0.337 e. The Morgan fingerprint density at radius 2 is 1.59 bits per heavy atom. The van der Waals surface area contributed by atoms with Crippen molar-refractivity contribution in [2.24, 2.45) is 0 Å². The first kappa shape index (κ1) is 23.3. The molecule has 6 nitrogen and oxygen atoms in total. The molecule has 0 heterocycles. The van der Waals surface area contributed by atoms with E-state index >= 15 is 0 Å². The van der Waals surface area contributed by atoms with Crippen LogP contribution < -0.4 is 10.6 Å². The van der Waals surface area contributed by atoms with Crippen LogP contribution in [0.25, 0.3) is 0 Å². The Morgan fingerprint density at radius 3 is 2.28 bits per heavy atom. The summed E-state index contributed by atoms with van der Waals surface area (Å²) < 4.78 is 4.70. The van der Waals surface area contributed by atoms with Crippen LogP contribution in [-0.2, 0) is 9.53 Å². The SMILES string of the molecule is COC(=O)c1ccc(Cl)c(NC(=O)CC(NC(=O)c2ccccc2Cl)c2ccccc2)c1. The third-order valence-electron chi connectivity index (χ3n) is 4.68. The molecule has 0 aromatic heterocycles. The van der Waals surface area contributed by atoms with E-state index in [0.717, 1.165) is 5.56 Å². The molecule has 0 aliphatic rings. The zero-order valence-electron chi connectivity index (χ0n) is 17.1. The normalized spacial score (nSPS) is 11.3. The number of anilines is 1. The summed E-state index contributed by atoms with van der Waals surface area (Å²) in [6.45, 7) is 0. The minimum Gasteiger partial charge on any atom is -0.465 e. The number of hydrogen-bond donors (Lipinski definition) is 2. The van der Waals surface area contributed by atoms with E-state index in [1.54, 1.807) is 24.3 Å². The van der Waals surface area contributed by atoms with Gasteiger partial charge in [-0.25, -0.2) is 4.79 Å². The van der Waals surface area contributed by atoms with Gasteiger partial charge in [0.05, 0.1) is 46.4 Å². The van der Waals surface area contributed by atoms with Crippen LogP contribution in [0.15, 0.2) is 72.8 Å². The number of methoxy groups -OCH3 is 1. The number of hydrogen-bond acceptors (Lipinski definition) is 4. The first-order valence-corrected chi connectivity index (χ1v) is 10.4. The average molecular weight is 471 g/mol. The van der Waals surface area contributed by atoms with Gasteiger partial charge in [-0.3, -0.25) is 9.59 Å². The van der Waals surface area contributed by atoms with Gasteiger partial charge in [0.2, 0.25) is 5.91 Å². The highest BCUT2D eigenvalue weighted by Crippen LogP contribution is 2.25. The molecule has 3 rings (SSSR count). The first-order chi connectivity index (χ1) is 15.4. The van der Waals surface area contributed by atoms with Gasteiger partial charge in [0.15, 0.2) is 0 Å². The van der Waals surface area contributed by atoms with Gasteiger partial charge in [0, 0.05) is 0 Å². The third-order valence-corrected chi connectivity index (χ3v) is 5.34. The molecule has 8 heteroatoms. The van der Waals surface area contributed by atoms with Gasteiger partial charge in [-0.15, -0.1) is 0 Å². The molecule has 1 unspecified atom stereocenters. The minimum absolute atomic E-state index is 0.0704. The van der Waals surface area contributed by atoms with E-state index in [4.69, 9.17) is 27.9 Å². The maximum atomic E-state index is 12.8. The van der Waals surface area contributed by atoms with Crippen LogP contribution in [0.2, 0.25) is 10.0 Å². The molecule has 1 atom stereocenters. The van der Waals surface area contributed by atoms with Crippen LogP contribution in [0.4, 0.5) is 5.69 Å². The highest BCUT2D eigenvalue weighted by molar-refractivity contribution is 6.34. The molecule has 0 saturated carbocycles. The number of nitrogens with one attached hydrogen (secondary N) is 2. The second-order valence-corrected chi connectivity index (χ2v) is 7.67. The van der Waals surface area contributed by atoms with Gasteiger partial charge in [-0.2, -0.15) is 0 Å². The van der Waals surface area contributed by atoms with Crippen molar-refractivity contribution in [2.75, 3.05) is 12.4 Å². The highest BCUT2D eigenvalue weighted by Gasteiger charge is 2.21. The van der Waals surface area contributed by atoms with Gasteiger partial charge >= 0.3 is 5.97 Å². The van der Waals surface area contributed by atoms with Gasteiger partial charge in [-0.1, -0.05) is 65.7 Å². The second-order valence-electron chi connectivity index (χ2n) is 6.86. The van der Waals surface area contributed by atoms with E-state index in [9.17, 15) is 14.4 Å². The van der Waals surface area contributed by atoms with Crippen molar-refractivity contribution in [3.63, 3.8) is 0 Å². The Labute approximate surface area is 195 Å². The van der Waals surface area contributed by atoms with Crippen molar-refractivity contribution in [1.82, 2.24) is 5.32 Å². The highest BCUT2D eigenvalue weighted by atomic mass is 35.5. The fourth-order valence-electron chi connectivity index (χ4n) is 3.07. The number of carbonyl (C=O) groups excluding carboxylic acids is 3. The summed E-state index contributed by atoms with van der Waals surface area (Å²) in [6, 6.07) is 19.6. The minimum atomic E-state index is -0.623. The van der Waals surface area contributed by atoms with E-state index in [2.05, 4.69) is 10.6 Å². The van der Waals surface area contributed by atoms with Gasteiger partial charge < -0.3 is 15.4 Å². The van der Waals surface area contributed by atoms with Crippen LogP contribution >= 0.6 is 23.2 Å². The molecule has 2 amide bonds. The lowest BCUT2D eigenvalue weighted by Gasteiger charge is -2.20. The molecule has 164 valence electrons. The Hall–Kier alpha value is -3.35. The number of amides is 2. The first-order valence-electron chi connectivity index (χ1n) is 9.67. The van der Waals surface area contributed by atoms with Gasteiger partial charge in [0.25, 0.3) is 5.91 Å². The third kappa shape index (κ3) is 5.87. The second kappa shape index (κ2) is 10.8. The Bertz CT molecular complexity index is 1140. The standard InChI is InChI=1S/C24H20Cl2N2O4/c1-32-24(31)16-11-12-19(26)21(13-16)27-22(29)14-20(15-7-3-2-4-8-15)28-23(30)17-9-5-6-10-18(17)25/h2-13,20H,14H2,1H3,(H,27,29)(H,28,30). The van der Waals surface area contributed by atoms with Crippen LogP contribution in [0.1, 0.15) is 38.7 Å². The lowest BCUT2D eigenvalue weighted by Crippen LogP contribution is -2.31. The summed E-state index contributed by atoms with van der Waals surface area (Å²) in [5, 5.41) is 6.15. The number of carbonyl (C=O) groups is 3. The number of rotatable bonds is 7. The molecule has 3 aromatic rings. The van der Waals surface area contributed by atoms with Crippen molar-refractivity contribution < 1.29 is 19.1 Å². The number of ether oxygens (including phenoxy) is 1. The zero-order valence-corrected chi connectivity index (χ0v) is 18.6. The fraction of sp³-hybridized carbons (Fsp3) is 0.125. The molecule has 0 radical (unpaired) electrons. The average Bonchev–Trinajstić information content (AvgIpc) is 2.80. The Kier molecular flexibility index (Phi) is 7.87. The van der Waals surface area contributed by atoms with Crippen LogP contribution in [0.5, 0.6) is 0 Å². The fourth-order valence-corrected chi connectivity index (χ4v) is 3.46. The topological polar surface area (TPSA) is 84.5 Å². The van der Waals surface area contributed by atoms with Gasteiger partial charge in [-0.05, 0) is 35.9 Å². The molecule has 0 aliphatic carbocycles. The molecule has 32 heavy (non-hydrogen) atoms. The van der Waals surface area contributed by atoms with Crippen molar-refractivity contribution in [3.05, 3.63) is 99.5 Å². The van der Waals surface area contributed by atoms with Crippen molar-refractivity contribution >= 4 is 46.7 Å². The van der Waals surface area contributed by atoms with E-state index in [0.29, 0.717) is 10.6 Å². The molecular weight excluding hydrogens is 451 g/mol. The number of benzene rings is 3. The molecule has 3 aromatic carbocycles. The van der Waals surface area contributed by atoms with Crippen molar-refractivity contribution in [2.45, 2.75) is 12.5 Å². The van der Waals surface area contributed by atoms with Crippen LogP contribution in [0.3, 0.4) is 0 Å². The lowest BCUT2D eigenvalue weighted by atomic mass is 10.0. The molecule has 0 saturated heterocycles. The molecule has 0 spiro atoms. The molecule has 0 aliphatic heterocycles. The summed E-state index contributed by atoms with van der Waals surface area (Å²) in [7, 11) is 1.27. The lowest BCUT2D eigenvalue weighted by molar-refractivity contribution is -0.116. The van der Waals surface area contributed by atoms with E-state index in [1.165, 1.54) is 25.3 Å². The largest absolute Gasteiger partial charge is 0.465 e. The maximum absolute atomic E-state index is 12.8. The summed E-state index contributed by atoms with van der Waals surface area (Å²) in [4.78, 5) is 37.4. The summed E-state index contributed by atoms with van der Waals surface area (Å²) in [5.41, 5.74) is 1.57. The van der Waals surface area contributed by atoms with Gasteiger partial charge in [0.1, 0.15) is 0 Å². The van der Waals surface area contributed by atoms with Crippen molar-refractivity contribution in [1.29, 1.82) is 0 Å². The van der Waals surface area contributed by atoms with E-state index in [1.807, 2.05) is 30.3 Å². The van der Waals surface area contributed by atoms with Crippen LogP contribution in [0, 0.1) is 0 Å². The maximum Gasteiger partial charge on any atom is 0.337 e. The van der Waals surface area contributed by atoms with E-state index < -0.39 is 23.8 Å². The van der Waals surface area contributed by atoms with E-state index in [-0.39, 0.29) is 22.7 Å². The Morgan fingerprint density at radius 1 is 0.906 bits per heavy atom. The summed E-state index contributed by atoms with van der Waals surface area (Å²) >= 11 is 12.3. The number of halogens is 2. The Balaban J connectivity index is 1.80. The van der Waals surface area contributed by atoms with Crippen molar-refractivity contribution in [3.8, 4) is 0 Å². The predicted octanol–water partition coefficient (Wildman–Crippen LogP) is 5.28. The monoisotopic (exact) mass is 470 g/mol. The molecule has 0 bridgehead atoms. The summed E-state index contributed by atoms with van der Waals surface area (Å²) in [5.74, 6) is -1.35.